The molecular weight excluding hydrogens is 198 g/mol. The number of hydrogen-bond acceptors (Lipinski definition) is 4. The van der Waals surface area contributed by atoms with Crippen LogP contribution in [-0.4, -0.2) is 22.1 Å². The van der Waals surface area contributed by atoms with E-state index in [1.54, 1.807) is 11.6 Å². The van der Waals surface area contributed by atoms with Gasteiger partial charge < -0.3 is 9.98 Å². The molecule has 0 aromatic carbocycles. The lowest BCUT2D eigenvalue weighted by Gasteiger charge is -1.94. The summed E-state index contributed by atoms with van der Waals surface area (Å²) < 4.78 is 2.65. The molecule has 0 saturated heterocycles. The molecule has 0 fully saturated rings. The number of fused-ring (bicyclic) bond motifs is 1. The van der Waals surface area contributed by atoms with Gasteiger partial charge in [-0.25, -0.2) is 4.98 Å². The average molecular weight is 207 g/mol. The lowest BCUT2D eigenvalue weighted by Crippen LogP contribution is -1.97. The van der Waals surface area contributed by atoms with E-state index in [0.717, 1.165) is 21.6 Å². The van der Waals surface area contributed by atoms with Crippen molar-refractivity contribution in [2.24, 2.45) is 7.05 Å². The SMILES string of the molecule is Cc1nc2c(s1)c(C=N)c(C=O)n2C. The summed E-state index contributed by atoms with van der Waals surface area (Å²) in [5, 5.41) is 8.22. The quantitative estimate of drug-likeness (QED) is 0.602. The normalized spacial score (nSPS) is 10.7. The first-order chi connectivity index (χ1) is 6.69. The smallest absolute Gasteiger partial charge is 0.167 e. The van der Waals surface area contributed by atoms with Gasteiger partial charge >= 0.3 is 0 Å². The van der Waals surface area contributed by atoms with Gasteiger partial charge in [-0.3, -0.25) is 4.79 Å². The van der Waals surface area contributed by atoms with E-state index in [1.165, 1.54) is 17.6 Å². The molecule has 0 spiro atoms. The van der Waals surface area contributed by atoms with Crippen molar-refractivity contribution in [1.29, 1.82) is 5.41 Å². The highest BCUT2D eigenvalue weighted by Crippen LogP contribution is 2.28. The van der Waals surface area contributed by atoms with Crippen molar-refractivity contribution in [1.82, 2.24) is 9.55 Å². The third kappa shape index (κ3) is 1.02. The second-order valence-electron chi connectivity index (χ2n) is 3.01. The van der Waals surface area contributed by atoms with Crippen molar-refractivity contribution in [3.8, 4) is 0 Å². The third-order valence-electron chi connectivity index (χ3n) is 2.17. The van der Waals surface area contributed by atoms with E-state index in [2.05, 4.69) is 4.98 Å². The van der Waals surface area contributed by atoms with Gasteiger partial charge in [0.1, 0.15) is 0 Å². The molecule has 0 atom stereocenters. The minimum atomic E-state index is 0.522. The molecule has 14 heavy (non-hydrogen) atoms. The van der Waals surface area contributed by atoms with Crippen LogP contribution in [0.5, 0.6) is 0 Å². The summed E-state index contributed by atoms with van der Waals surface area (Å²) in [6.07, 6.45) is 1.98. The number of rotatable bonds is 2. The van der Waals surface area contributed by atoms with E-state index in [9.17, 15) is 4.79 Å². The first kappa shape index (κ1) is 9.08. The first-order valence-electron chi connectivity index (χ1n) is 4.10. The molecule has 2 heterocycles. The Morgan fingerprint density at radius 1 is 1.57 bits per heavy atom. The monoisotopic (exact) mass is 207 g/mol. The van der Waals surface area contributed by atoms with E-state index >= 15 is 0 Å². The van der Waals surface area contributed by atoms with E-state index in [-0.39, 0.29) is 0 Å². The summed E-state index contributed by atoms with van der Waals surface area (Å²) in [6.45, 7) is 1.92. The van der Waals surface area contributed by atoms with Crippen molar-refractivity contribution >= 4 is 34.2 Å². The number of carbonyl (C=O) groups excluding carboxylic acids is 1. The van der Waals surface area contributed by atoms with Crippen LogP contribution in [0.1, 0.15) is 21.1 Å². The van der Waals surface area contributed by atoms with Crippen molar-refractivity contribution in [3.63, 3.8) is 0 Å². The van der Waals surface area contributed by atoms with Crippen LogP contribution in [0.2, 0.25) is 0 Å². The summed E-state index contributed by atoms with van der Waals surface area (Å²) in [4.78, 5) is 15.1. The van der Waals surface area contributed by atoms with Gasteiger partial charge in [-0.15, -0.1) is 11.3 Å². The number of aldehydes is 1. The third-order valence-corrected chi connectivity index (χ3v) is 3.17. The molecule has 4 nitrogen and oxygen atoms in total. The Morgan fingerprint density at radius 3 is 2.86 bits per heavy atom. The topological polar surface area (TPSA) is 58.7 Å². The number of nitrogens with zero attached hydrogens (tertiary/aromatic N) is 2. The zero-order valence-electron chi connectivity index (χ0n) is 7.87. The lowest BCUT2D eigenvalue weighted by atomic mass is 10.3. The molecule has 0 aliphatic carbocycles. The van der Waals surface area contributed by atoms with Gasteiger partial charge in [0.05, 0.1) is 15.4 Å². The van der Waals surface area contributed by atoms with Gasteiger partial charge in [0.25, 0.3) is 0 Å². The molecule has 5 heteroatoms. The Hall–Kier alpha value is -1.49. The highest BCUT2D eigenvalue weighted by molar-refractivity contribution is 7.18. The second-order valence-corrected chi connectivity index (χ2v) is 4.21. The maximum atomic E-state index is 10.8. The molecule has 2 aromatic heterocycles. The van der Waals surface area contributed by atoms with Gasteiger partial charge in [0.2, 0.25) is 0 Å². The molecule has 0 saturated carbocycles. The zero-order valence-corrected chi connectivity index (χ0v) is 8.68. The van der Waals surface area contributed by atoms with Crippen LogP contribution in [0.15, 0.2) is 0 Å². The Labute approximate surface area is 84.7 Å². The van der Waals surface area contributed by atoms with Crippen molar-refractivity contribution in [2.75, 3.05) is 0 Å². The largest absolute Gasteiger partial charge is 0.325 e. The highest BCUT2D eigenvalue weighted by atomic mass is 32.1. The van der Waals surface area contributed by atoms with Crippen LogP contribution in [0.4, 0.5) is 0 Å². The fourth-order valence-electron chi connectivity index (χ4n) is 1.51. The minimum Gasteiger partial charge on any atom is -0.325 e. The summed E-state index contributed by atoms with van der Waals surface area (Å²) in [5.74, 6) is 0. The number of aryl methyl sites for hydroxylation is 2. The van der Waals surface area contributed by atoms with E-state index < -0.39 is 0 Å². The maximum absolute atomic E-state index is 10.8. The average Bonchev–Trinajstić information content (AvgIpc) is 2.63. The molecule has 0 aliphatic heterocycles. The number of hydrogen-bond donors (Lipinski definition) is 1. The zero-order chi connectivity index (χ0) is 10.3. The van der Waals surface area contributed by atoms with Crippen LogP contribution in [0.3, 0.4) is 0 Å². The fraction of sp³-hybridized carbons (Fsp3) is 0.222. The standard InChI is InChI=1S/C9H9N3OS/c1-5-11-9-8(14-5)6(3-10)7(4-13)12(9)2/h3-4,10H,1-2H3. The first-order valence-corrected chi connectivity index (χ1v) is 4.92. The maximum Gasteiger partial charge on any atom is 0.167 e. The molecule has 0 unspecified atom stereocenters. The summed E-state index contributed by atoms with van der Waals surface area (Å²) in [7, 11) is 1.79. The number of aromatic nitrogens is 2. The van der Waals surface area contributed by atoms with Crippen molar-refractivity contribution in [3.05, 3.63) is 16.3 Å². The van der Waals surface area contributed by atoms with Crippen molar-refractivity contribution in [2.45, 2.75) is 6.92 Å². The second kappa shape index (κ2) is 3.02. The Morgan fingerprint density at radius 2 is 2.29 bits per heavy atom. The molecule has 2 rings (SSSR count). The predicted octanol–water partition coefficient (Wildman–Crippen LogP) is 1.75. The van der Waals surface area contributed by atoms with Gasteiger partial charge in [-0.1, -0.05) is 0 Å². The van der Waals surface area contributed by atoms with Gasteiger partial charge in [-0.05, 0) is 6.92 Å². The van der Waals surface area contributed by atoms with Crippen LogP contribution in [-0.2, 0) is 7.05 Å². The molecule has 0 radical (unpaired) electrons. The molecule has 1 N–H and O–H groups in total. The molecule has 0 aliphatic rings. The highest BCUT2D eigenvalue weighted by Gasteiger charge is 2.16. The summed E-state index contributed by atoms with van der Waals surface area (Å²) in [6, 6.07) is 0. The van der Waals surface area contributed by atoms with Gasteiger partial charge in [-0.2, -0.15) is 0 Å². The Balaban J connectivity index is 2.94. The van der Waals surface area contributed by atoms with Crippen LogP contribution < -0.4 is 0 Å². The Bertz CT molecular complexity index is 524. The predicted molar refractivity (Wildman–Crippen MR) is 56.6 cm³/mol. The lowest BCUT2D eigenvalue weighted by molar-refractivity contribution is 0.111. The van der Waals surface area contributed by atoms with Crippen LogP contribution in [0, 0.1) is 12.3 Å². The van der Waals surface area contributed by atoms with Crippen molar-refractivity contribution < 1.29 is 4.79 Å². The van der Waals surface area contributed by atoms with E-state index in [1.807, 2.05) is 6.92 Å². The Kier molecular flexibility index (Phi) is 1.96. The van der Waals surface area contributed by atoms with E-state index in [4.69, 9.17) is 5.41 Å². The molecule has 0 amide bonds. The van der Waals surface area contributed by atoms with Crippen LogP contribution in [0.25, 0.3) is 10.3 Å². The molecular formula is C9H9N3OS. The fourth-order valence-corrected chi connectivity index (χ4v) is 2.49. The summed E-state index contributed by atoms with van der Waals surface area (Å²) in [5.41, 5.74) is 1.98. The molecule has 0 bridgehead atoms. The number of nitrogens with one attached hydrogen (secondary N) is 1. The van der Waals surface area contributed by atoms with Gasteiger partial charge in [0, 0.05) is 18.8 Å². The number of carbonyl (C=O) groups is 1. The van der Waals surface area contributed by atoms with E-state index in [0.29, 0.717) is 11.3 Å². The molecule has 72 valence electrons. The number of thiazole rings is 1. The molecule has 2 aromatic rings. The van der Waals surface area contributed by atoms with Crippen LogP contribution >= 0.6 is 11.3 Å². The minimum absolute atomic E-state index is 0.522. The van der Waals surface area contributed by atoms with Gasteiger partial charge in [0.15, 0.2) is 11.9 Å². The summed E-state index contributed by atoms with van der Waals surface area (Å²) >= 11 is 1.51.